The zero-order valence-electron chi connectivity index (χ0n) is 16.4. The van der Waals surface area contributed by atoms with Gasteiger partial charge in [0.05, 0.1) is 0 Å². The van der Waals surface area contributed by atoms with Crippen molar-refractivity contribution in [3.05, 3.63) is 0 Å². The largest absolute Gasteiger partial charge is 0.456 e. The first-order valence-electron chi connectivity index (χ1n) is 8.18. The fourth-order valence-electron chi connectivity index (χ4n) is 2.56. The quantitative estimate of drug-likeness (QED) is 0.226. The summed E-state index contributed by atoms with van der Waals surface area (Å²) in [6, 6.07) is 0. The molecule has 0 aliphatic carbocycles. The maximum Gasteiger partial charge on any atom is 0.303 e. The summed E-state index contributed by atoms with van der Waals surface area (Å²) in [4.78, 5) is 34.5. The second kappa shape index (κ2) is 12.1. The van der Waals surface area contributed by atoms with Crippen LogP contribution in [0.25, 0.3) is 0 Å². The van der Waals surface area contributed by atoms with Gasteiger partial charge < -0.3 is 23.7 Å². The van der Waals surface area contributed by atoms with Crippen molar-refractivity contribution in [1.29, 1.82) is 0 Å². The van der Waals surface area contributed by atoms with E-state index in [9.17, 15) is 27.4 Å². The minimum atomic E-state index is -4.55. The van der Waals surface area contributed by atoms with E-state index in [0.29, 0.717) is 6.42 Å². The van der Waals surface area contributed by atoms with Crippen molar-refractivity contribution in [1.82, 2.24) is 0 Å². The van der Waals surface area contributed by atoms with Crippen LogP contribution in [0.5, 0.6) is 0 Å². The molecule has 0 amide bonds. The van der Waals surface area contributed by atoms with Crippen molar-refractivity contribution in [3.8, 4) is 0 Å². The molecule has 1 aliphatic heterocycles. The Balaban J connectivity index is 0.00000729. The topological polar surface area (TPSA) is 152 Å². The molecule has 11 nitrogen and oxygen atoms in total. The maximum atomic E-state index is 11.5. The summed E-state index contributed by atoms with van der Waals surface area (Å²) in [5, 5.41) is 0. The predicted molar refractivity (Wildman–Crippen MR) is 93.7 cm³/mol. The molecular weight excluding hydrogens is 411 g/mol. The van der Waals surface area contributed by atoms with Crippen LogP contribution in [0.4, 0.5) is 0 Å². The average molecular weight is 435 g/mol. The van der Waals surface area contributed by atoms with Gasteiger partial charge in [0.2, 0.25) is 0 Å². The SMILES string of the molecule is CCCOC1OC(CS(=O)(=O)O)C(OC(C)=O)C(OC(C)=O)C1OC(C)=O.[Na]. The van der Waals surface area contributed by atoms with Crippen LogP contribution in [0.15, 0.2) is 0 Å². The van der Waals surface area contributed by atoms with Crippen LogP contribution in [0.3, 0.4) is 0 Å². The molecule has 0 aromatic carbocycles. The number of hydrogen-bond donors (Lipinski definition) is 1. The Labute approximate surface area is 185 Å². The first-order chi connectivity index (χ1) is 12.4. The van der Waals surface area contributed by atoms with E-state index in [1.54, 1.807) is 6.92 Å². The Bertz CT molecular complexity index is 650. The van der Waals surface area contributed by atoms with Gasteiger partial charge in [0, 0.05) is 56.9 Å². The monoisotopic (exact) mass is 435 g/mol. The Hall–Kier alpha value is -0.760. The summed E-state index contributed by atoms with van der Waals surface area (Å²) in [7, 11) is -4.55. The minimum absolute atomic E-state index is 0. The molecule has 0 spiro atoms. The maximum absolute atomic E-state index is 11.5. The van der Waals surface area contributed by atoms with Crippen LogP contribution in [0.2, 0.25) is 0 Å². The van der Waals surface area contributed by atoms with Crippen molar-refractivity contribution in [2.24, 2.45) is 0 Å². The third-order valence-corrected chi connectivity index (χ3v) is 4.11. The summed E-state index contributed by atoms with van der Waals surface area (Å²) < 4.78 is 58.1. The van der Waals surface area contributed by atoms with E-state index < -0.39 is 64.5 Å². The average Bonchev–Trinajstić information content (AvgIpc) is 2.48. The molecule has 1 rings (SSSR count). The molecule has 0 bridgehead atoms. The van der Waals surface area contributed by atoms with E-state index >= 15 is 0 Å². The van der Waals surface area contributed by atoms with Crippen LogP contribution in [0, 0.1) is 0 Å². The first kappa shape index (κ1) is 27.2. The van der Waals surface area contributed by atoms with E-state index in [1.807, 2.05) is 0 Å². The van der Waals surface area contributed by atoms with Gasteiger partial charge in [-0.25, -0.2) is 0 Å². The predicted octanol–water partition coefficient (Wildman–Crippen LogP) is -0.560. The zero-order valence-corrected chi connectivity index (χ0v) is 19.3. The van der Waals surface area contributed by atoms with Gasteiger partial charge in [0.15, 0.2) is 24.6 Å². The van der Waals surface area contributed by atoms with Crippen LogP contribution in [0.1, 0.15) is 34.1 Å². The molecule has 1 radical (unpaired) electrons. The summed E-state index contributed by atoms with van der Waals surface area (Å²) in [6.45, 7) is 5.18. The van der Waals surface area contributed by atoms with E-state index in [0.717, 1.165) is 20.8 Å². The van der Waals surface area contributed by atoms with Crippen LogP contribution < -0.4 is 0 Å². The van der Waals surface area contributed by atoms with Crippen molar-refractivity contribution in [2.75, 3.05) is 12.4 Å². The molecule has 1 saturated heterocycles. The molecule has 157 valence electrons. The van der Waals surface area contributed by atoms with E-state index in [2.05, 4.69) is 0 Å². The van der Waals surface area contributed by atoms with Crippen molar-refractivity contribution >= 4 is 57.6 Å². The first-order valence-corrected chi connectivity index (χ1v) is 9.79. The van der Waals surface area contributed by atoms with Crippen LogP contribution >= 0.6 is 0 Å². The molecule has 1 N–H and O–H groups in total. The molecule has 13 heteroatoms. The molecular formula is C15H24NaO11S. The number of esters is 3. The van der Waals surface area contributed by atoms with Gasteiger partial charge >= 0.3 is 17.9 Å². The zero-order chi connectivity index (χ0) is 20.8. The normalized spacial score (nSPS) is 27.2. The molecule has 0 saturated carbocycles. The second-order valence-electron chi connectivity index (χ2n) is 5.88. The third-order valence-electron chi connectivity index (χ3n) is 3.36. The van der Waals surface area contributed by atoms with Gasteiger partial charge in [-0.2, -0.15) is 8.42 Å². The van der Waals surface area contributed by atoms with Crippen molar-refractivity contribution in [2.45, 2.75) is 64.8 Å². The standard InChI is InChI=1S/C15H24O11S.Na/c1-5-6-22-15-14(25-10(4)18)13(24-9(3)17)12(23-8(2)16)11(26-15)7-27(19,20)21;/h11-15H,5-7H2,1-4H3,(H,19,20,21);. The molecule has 0 aromatic heterocycles. The second-order valence-corrected chi connectivity index (χ2v) is 7.38. The smallest absolute Gasteiger partial charge is 0.303 e. The Kier molecular flexibility index (Phi) is 11.7. The van der Waals surface area contributed by atoms with E-state index in [4.69, 9.17) is 23.7 Å². The van der Waals surface area contributed by atoms with Gasteiger partial charge in [-0.15, -0.1) is 0 Å². The summed E-state index contributed by atoms with van der Waals surface area (Å²) in [5.74, 6) is -3.33. The molecule has 1 fully saturated rings. The van der Waals surface area contributed by atoms with Gasteiger partial charge in [0.1, 0.15) is 11.9 Å². The molecule has 1 heterocycles. The Morgan fingerprint density at radius 2 is 1.39 bits per heavy atom. The fourth-order valence-corrected chi connectivity index (χ4v) is 3.25. The number of rotatable bonds is 8. The number of carbonyl (C=O) groups is 3. The molecule has 1 aliphatic rings. The summed E-state index contributed by atoms with van der Waals surface area (Å²) in [6.07, 6.45) is -6.36. The van der Waals surface area contributed by atoms with Crippen molar-refractivity contribution < 1.29 is 51.0 Å². The third kappa shape index (κ3) is 9.16. The van der Waals surface area contributed by atoms with E-state index in [-0.39, 0.29) is 36.2 Å². The minimum Gasteiger partial charge on any atom is -0.456 e. The molecule has 5 atom stereocenters. The Morgan fingerprint density at radius 3 is 1.82 bits per heavy atom. The number of ether oxygens (including phenoxy) is 5. The van der Waals surface area contributed by atoms with Gasteiger partial charge in [0.25, 0.3) is 10.1 Å². The summed E-state index contributed by atoms with van der Waals surface area (Å²) in [5.41, 5.74) is 0. The van der Waals surface area contributed by atoms with Crippen LogP contribution in [-0.2, 0) is 48.2 Å². The number of carbonyl (C=O) groups excluding carboxylic acids is 3. The number of hydrogen-bond acceptors (Lipinski definition) is 10. The van der Waals surface area contributed by atoms with Crippen molar-refractivity contribution in [3.63, 3.8) is 0 Å². The van der Waals surface area contributed by atoms with E-state index in [1.165, 1.54) is 0 Å². The molecule has 5 unspecified atom stereocenters. The fraction of sp³-hybridized carbons (Fsp3) is 0.800. The van der Waals surface area contributed by atoms with Gasteiger partial charge in [-0.1, -0.05) is 6.92 Å². The molecule has 28 heavy (non-hydrogen) atoms. The van der Waals surface area contributed by atoms with Crippen LogP contribution in [-0.4, -0.2) is 104 Å². The molecule has 0 aromatic rings. The Morgan fingerprint density at radius 1 is 0.929 bits per heavy atom. The van der Waals surface area contributed by atoms with Gasteiger partial charge in [-0.3, -0.25) is 18.9 Å². The van der Waals surface area contributed by atoms with Gasteiger partial charge in [-0.05, 0) is 6.42 Å². The summed E-state index contributed by atoms with van der Waals surface area (Å²) >= 11 is 0.